The van der Waals surface area contributed by atoms with Gasteiger partial charge in [0.05, 0.1) is 76.7 Å². The highest BCUT2D eigenvalue weighted by molar-refractivity contribution is 6.73. The minimum absolute atomic E-state index is 0.0452. The van der Waals surface area contributed by atoms with E-state index < -0.39 is 80.6 Å². The Labute approximate surface area is 249 Å². The molecular weight excluding hydrogens is 529 g/mol. The molecule has 3 rings (SSSR count). The molecule has 0 aromatic heterocycles. The predicted molar refractivity (Wildman–Crippen MR) is 149 cm³/mol. The Morgan fingerprint density at radius 1 is 1.02 bits per heavy atom. The number of Topliss-reactive ketones (excluding diaryl/α,β-unsaturated/α-hetero) is 1. The Hall–Kier alpha value is -1.59. The van der Waals surface area contributed by atoms with Crippen LogP contribution in [0.2, 0.25) is 20.8 Å². The summed E-state index contributed by atoms with van der Waals surface area (Å²) in [6.07, 6.45) is -3.82. The van der Waals surface area contributed by atoms with Crippen LogP contribution in [0, 0.1) is 11.3 Å². The smallest absolute Gasteiger partial charge is 0.356 e. The number of rotatable bonds is 11. The van der Waals surface area contributed by atoms with Crippen molar-refractivity contribution in [1.82, 2.24) is 15.5 Å². The third kappa shape index (κ3) is 6.82. The summed E-state index contributed by atoms with van der Waals surface area (Å²) in [6.45, 7) is -1.17. The third-order valence-electron chi connectivity index (χ3n) is 8.17. The van der Waals surface area contributed by atoms with Crippen molar-refractivity contribution in [1.29, 1.82) is 0 Å². The van der Waals surface area contributed by atoms with Gasteiger partial charge in [0.1, 0.15) is 12.6 Å². The summed E-state index contributed by atoms with van der Waals surface area (Å²) in [6, 6.07) is -2.89. The first-order valence-corrected chi connectivity index (χ1v) is 12.7. The zero-order valence-electron chi connectivity index (χ0n) is 22.2. The molecule has 2 heterocycles. The standard InChI is InChI=1S/C21H21B9F3N3O5/c22-17(23,18(24,19(25,26)27)20(28,29)30)15(40)36-8-16(2-3-16)6-11(36)14(39)35-10(5-9-1-4-34-13(9)38)12(37)7-41-21(31,32)33/h9-11H,1-8H2,(H,34,38)(H,35,39)/t9-,10-,11-/m0/s1. The zero-order chi connectivity index (χ0) is 31.4. The first kappa shape index (κ1) is 33.9. The molecule has 1 spiro atoms. The molecule has 8 nitrogen and oxygen atoms in total. The lowest BCUT2D eigenvalue weighted by Crippen LogP contribution is -2.59. The van der Waals surface area contributed by atoms with E-state index in [0.29, 0.717) is 12.8 Å². The van der Waals surface area contributed by atoms with Gasteiger partial charge in [0.2, 0.25) is 17.7 Å². The van der Waals surface area contributed by atoms with Gasteiger partial charge in [0.25, 0.3) is 0 Å². The number of amides is 3. The van der Waals surface area contributed by atoms with Crippen LogP contribution in [0.3, 0.4) is 0 Å². The molecule has 3 aliphatic rings. The highest BCUT2D eigenvalue weighted by Gasteiger charge is 2.61. The molecule has 3 atom stereocenters. The van der Waals surface area contributed by atoms with Gasteiger partial charge in [-0.25, -0.2) is 0 Å². The Bertz CT molecular complexity index is 1070. The maximum atomic E-state index is 13.8. The average Bonchev–Trinajstić information content (AvgIpc) is 3.28. The second-order valence-corrected chi connectivity index (χ2v) is 11.5. The fraction of sp³-hybridized carbons (Fsp3) is 0.810. The second-order valence-electron chi connectivity index (χ2n) is 11.5. The SMILES string of the molecule is [B]C([B])([B])C([B])(C([B])([B])[B])C([B])([B])C(=O)N1CC2(CC2)C[C@H]1C(=O)N[C@@H](C[C@@H]1CCNC1=O)C(=O)COC(F)(F)F. The number of nitrogens with one attached hydrogen (secondary N) is 2. The molecule has 2 saturated heterocycles. The zero-order valence-corrected chi connectivity index (χ0v) is 22.2. The third-order valence-corrected chi connectivity index (χ3v) is 8.17. The number of carbonyl (C=O) groups excluding carboxylic acids is 4. The van der Waals surface area contributed by atoms with Crippen molar-refractivity contribution in [3.8, 4) is 0 Å². The molecule has 198 valence electrons. The maximum absolute atomic E-state index is 13.8. The molecule has 0 bridgehead atoms. The minimum atomic E-state index is -5.11. The van der Waals surface area contributed by atoms with Crippen molar-refractivity contribution in [2.75, 3.05) is 19.7 Å². The van der Waals surface area contributed by atoms with E-state index in [1.54, 1.807) is 0 Å². The molecular formula is C21H21B9F3N3O5. The van der Waals surface area contributed by atoms with Crippen LogP contribution in [0.1, 0.15) is 32.1 Å². The summed E-state index contributed by atoms with van der Waals surface area (Å²) >= 11 is 0. The van der Waals surface area contributed by atoms with Crippen LogP contribution in [0.4, 0.5) is 13.2 Å². The van der Waals surface area contributed by atoms with Crippen molar-refractivity contribution < 1.29 is 37.1 Å². The second kappa shape index (κ2) is 11.2. The van der Waals surface area contributed by atoms with Gasteiger partial charge in [-0.15, -0.1) is 28.7 Å². The largest absolute Gasteiger partial charge is 0.522 e. The molecule has 1 aliphatic carbocycles. The van der Waals surface area contributed by atoms with E-state index in [9.17, 15) is 32.3 Å². The summed E-state index contributed by atoms with van der Waals surface area (Å²) in [4.78, 5) is 53.1. The van der Waals surface area contributed by atoms with E-state index in [1.165, 1.54) is 0 Å². The number of ether oxygens (including phenoxy) is 1. The van der Waals surface area contributed by atoms with Crippen molar-refractivity contribution >= 4 is 94.1 Å². The van der Waals surface area contributed by atoms with Gasteiger partial charge in [-0.1, -0.05) is 0 Å². The predicted octanol–water partition coefficient (Wildman–Crippen LogP) is -2.58. The van der Waals surface area contributed by atoms with Crippen LogP contribution in [0.15, 0.2) is 0 Å². The Balaban J connectivity index is 1.90. The number of alkyl halides is 3. The first-order valence-electron chi connectivity index (χ1n) is 12.7. The molecule has 2 aliphatic heterocycles. The highest BCUT2D eigenvalue weighted by atomic mass is 19.4. The van der Waals surface area contributed by atoms with Crippen LogP contribution in [-0.4, -0.2) is 137 Å². The van der Waals surface area contributed by atoms with E-state index in [1.807, 2.05) is 0 Å². The van der Waals surface area contributed by atoms with Crippen LogP contribution < -0.4 is 10.6 Å². The van der Waals surface area contributed by atoms with E-state index in [2.05, 4.69) is 15.4 Å². The molecule has 0 aromatic rings. The van der Waals surface area contributed by atoms with Crippen molar-refractivity contribution in [2.24, 2.45) is 11.3 Å². The Kier molecular flexibility index (Phi) is 9.23. The molecule has 3 amide bonds. The fourth-order valence-electron chi connectivity index (χ4n) is 5.49. The van der Waals surface area contributed by atoms with Crippen molar-refractivity contribution in [3.63, 3.8) is 0 Å². The van der Waals surface area contributed by atoms with E-state index in [0.717, 1.165) is 4.90 Å². The fourth-order valence-corrected chi connectivity index (χ4v) is 5.49. The average molecular weight is 550 g/mol. The Morgan fingerprint density at radius 3 is 2.02 bits per heavy atom. The van der Waals surface area contributed by atoms with E-state index in [-0.39, 0.29) is 32.4 Å². The van der Waals surface area contributed by atoms with Crippen LogP contribution in [0.25, 0.3) is 0 Å². The lowest BCUT2D eigenvalue weighted by atomic mass is 9.08. The Morgan fingerprint density at radius 2 is 1.59 bits per heavy atom. The lowest BCUT2D eigenvalue weighted by molar-refractivity contribution is -0.321. The van der Waals surface area contributed by atoms with Gasteiger partial charge in [0, 0.05) is 19.0 Å². The number of nitrogens with zero attached hydrogens (tertiary/aromatic N) is 1. The first-order chi connectivity index (χ1) is 18.5. The number of carbonyl (C=O) groups is 4. The molecule has 2 N–H and O–H groups in total. The van der Waals surface area contributed by atoms with Gasteiger partial charge >= 0.3 is 6.36 Å². The van der Waals surface area contributed by atoms with Crippen LogP contribution in [0.5, 0.6) is 0 Å². The summed E-state index contributed by atoms with van der Waals surface area (Å²) in [5, 5.41) is -5.98. The monoisotopic (exact) mass is 551 g/mol. The van der Waals surface area contributed by atoms with Crippen molar-refractivity contribution in [3.05, 3.63) is 0 Å². The van der Waals surface area contributed by atoms with Gasteiger partial charge in [-0.3, -0.25) is 23.9 Å². The number of hydrogen-bond donors (Lipinski definition) is 2. The van der Waals surface area contributed by atoms with Gasteiger partial charge in [-0.05, 0) is 42.7 Å². The molecule has 1 saturated carbocycles. The molecule has 18 radical (unpaired) electrons. The minimum Gasteiger partial charge on any atom is -0.356 e. The summed E-state index contributed by atoms with van der Waals surface area (Å²) in [7, 11) is 52.9. The van der Waals surface area contributed by atoms with Gasteiger partial charge in [0.15, 0.2) is 5.78 Å². The summed E-state index contributed by atoms with van der Waals surface area (Å²) < 4.78 is 41.5. The number of ketones is 1. The summed E-state index contributed by atoms with van der Waals surface area (Å²) in [5.41, 5.74) is -0.508. The number of likely N-dealkylation sites (tertiary alicyclic amines) is 1. The van der Waals surface area contributed by atoms with E-state index >= 15 is 0 Å². The molecule has 41 heavy (non-hydrogen) atoms. The number of halogens is 3. The normalized spacial score (nSPS) is 23.7. The molecule has 0 aromatic carbocycles. The van der Waals surface area contributed by atoms with Crippen LogP contribution in [-0.2, 0) is 23.9 Å². The molecule has 3 fully saturated rings. The lowest BCUT2D eigenvalue weighted by Gasteiger charge is -2.64. The van der Waals surface area contributed by atoms with Crippen molar-refractivity contribution in [2.45, 2.75) is 71.3 Å². The highest BCUT2D eigenvalue weighted by Crippen LogP contribution is 2.68. The van der Waals surface area contributed by atoms with Gasteiger partial charge < -0.3 is 15.5 Å². The van der Waals surface area contributed by atoms with E-state index in [4.69, 9.17) is 70.6 Å². The maximum Gasteiger partial charge on any atom is 0.522 e. The molecule has 20 heteroatoms. The quantitative estimate of drug-likeness (QED) is 0.276. The van der Waals surface area contributed by atoms with Crippen LogP contribution >= 0.6 is 0 Å². The summed E-state index contributed by atoms with van der Waals surface area (Å²) in [5.74, 6) is -4.47. The van der Waals surface area contributed by atoms with Gasteiger partial charge in [-0.2, -0.15) is 0 Å². The molecule has 0 unspecified atom stereocenters. The number of hydrogen-bond acceptors (Lipinski definition) is 5. The topological polar surface area (TPSA) is 105 Å².